The van der Waals surface area contributed by atoms with Crippen molar-refractivity contribution < 1.29 is 14.7 Å². The maximum Gasteiger partial charge on any atom is 0.335 e. The molecule has 0 amide bonds. The van der Waals surface area contributed by atoms with Crippen LogP contribution in [0.25, 0.3) is 0 Å². The van der Waals surface area contributed by atoms with Gasteiger partial charge >= 0.3 is 5.97 Å². The van der Waals surface area contributed by atoms with Crippen LogP contribution in [0.15, 0.2) is 29.2 Å². The van der Waals surface area contributed by atoms with Crippen LogP contribution in [0.1, 0.15) is 36.5 Å². The topological polar surface area (TPSA) is 54.4 Å². The van der Waals surface area contributed by atoms with Crippen molar-refractivity contribution in [3.63, 3.8) is 0 Å². The van der Waals surface area contributed by atoms with E-state index in [2.05, 4.69) is 0 Å². The predicted octanol–water partition coefficient (Wildman–Crippen LogP) is 3.19. The lowest BCUT2D eigenvalue weighted by Crippen LogP contribution is -1.95. The van der Waals surface area contributed by atoms with E-state index in [1.807, 2.05) is 6.92 Å². The summed E-state index contributed by atoms with van der Waals surface area (Å²) in [5, 5.41) is 8.83. The van der Waals surface area contributed by atoms with Gasteiger partial charge in [0, 0.05) is 11.3 Å². The minimum atomic E-state index is -0.950. The highest BCUT2D eigenvalue weighted by Crippen LogP contribution is 2.21. The highest BCUT2D eigenvalue weighted by atomic mass is 32.2. The molecule has 0 spiro atoms. The first-order chi connectivity index (χ1) is 7.63. The average Bonchev–Trinajstić information content (AvgIpc) is 2.27. The van der Waals surface area contributed by atoms with Gasteiger partial charge in [-0.15, -0.1) is 0 Å². The van der Waals surface area contributed by atoms with Gasteiger partial charge in [-0.05, 0) is 30.7 Å². The van der Waals surface area contributed by atoms with Crippen LogP contribution in [-0.2, 0) is 4.79 Å². The summed E-state index contributed by atoms with van der Waals surface area (Å²) in [4.78, 5) is 22.8. The molecule has 0 aliphatic carbocycles. The minimum Gasteiger partial charge on any atom is -0.478 e. The predicted molar refractivity (Wildman–Crippen MR) is 63.8 cm³/mol. The van der Waals surface area contributed by atoms with Crippen molar-refractivity contribution in [3.05, 3.63) is 29.8 Å². The summed E-state index contributed by atoms with van der Waals surface area (Å²) in [6, 6.07) is 6.35. The van der Waals surface area contributed by atoms with Crippen LogP contribution >= 0.6 is 11.8 Å². The molecule has 0 aliphatic rings. The normalized spacial score (nSPS) is 10.1. The van der Waals surface area contributed by atoms with Gasteiger partial charge in [-0.3, -0.25) is 4.79 Å². The molecule has 0 heterocycles. The molecule has 0 saturated heterocycles. The molecule has 1 aromatic rings. The summed E-state index contributed by atoms with van der Waals surface area (Å²) >= 11 is 1.17. The fourth-order valence-corrected chi connectivity index (χ4v) is 1.95. The van der Waals surface area contributed by atoms with Gasteiger partial charge in [-0.1, -0.05) is 25.1 Å². The number of rotatable bonds is 5. The maximum atomic E-state index is 11.4. The molecule has 0 radical (unpaired) electrons. The van der Waals surface area contributed by atoms with Gasteiger partial charge in [-0.2, -0.15) is 0 Å². The highest BCUT2D eigenvalue weighted by Gasteiger charge is 2.06. The Kier molecular flexibility index (Phi) is 5.05. The van der Waals surface area contributed by atoms with Gasteiger partial charge in [0.15, 0.2) is 5.12 Å². The molecule has 1 rings (SSSR count). The largest absolute Gasteiger partial charge is 0.478 e. The molecular weight excluding hydrogens is 224 g/mol. The van der Waals surface area contributed by atoms with Gasteiger partial charge < -0.3 is 5.11 Å². The quantitative estimate of drug-likeness (QED) is 0.800. The van der Waals surface area contributed by atoms with E-state index in [4.69, 9.17) is 5.11 Å². The van der Waals surface area contributed by atoms with Crippen LogP contribution in [-0.4, -0.2) is 16.2 Å². The first-order valence-electron chi connectivity index (χ1n) is 5.17. The second-order valence-corrected chi connectivity index (χ2v) is 4.54. The Bertz CT molecular complexity index is 370. The summed E-state index contributed by atoms with van der Waals surface area (Å²) in [6.45, 7) is 2.04. The zero-order valence-electron chi connectivity index (χ0n) is 9.10. The van der Waals surface area contributed by atoms with Crippen molar-refractivity contribution in [1.29, 1.82) is 0 Å². The van der Waals surface area contributed by atoms with E-state index >= 15 is 0 Å². The van der Waals surface area contributed by atoms with Crippen LogP contribution < -0.4 is 0 Å². The number of aromatic carboxylic acids is 1. The van der Waals surface area contributed by atoms with Crippen LogP contribution in [0.4, 0.5) is 0 Å². The Morgan fingerprint density at radius 3 is 2.38 bits per heavy atom. The SMILES string of the molecule is CCCCC(=O)Sc1ccc(C(=O)O)cc1. The summed E-state index contributed by atoms with van der Waals surface area (Å²) in [5.74, 6) is -0.950. The summed E-state index contributed by atoms with van der Waals surface area (Å²) in [7, 11) is 0. The number of carboxylic acids is 1. The van der Waals surface area contributed by atoms with E-state index in [9.17, 15) is 9.59 Å². The smallest absolute Gasteiger partial charge is 0.335 e. The molecule has 1 N–H and O–H groups in total. The molecule has 0 fully saturated rings. The average molecular weight is 238 g/mol. The first-order valence-corrected chi connectivity index (χ1v) is 5.99. The number of benzene rings is 1. The number of carbonyl (C=O) groups excluding carboxylic acids is 1. The number of unbranched alkanes of at least 4 members (excludes halogenated alkanes) is 1. The van der Waals surface area contributed by atoms with E-state index in [1.54, 1.807) is 12.1 Å². The Balaban J connectivity index is 2.55. The van der Waals surface area contributed by atoms with E-state index in [1.165, 1.54) is 23.9 Å². The summed E-state index contributed by atoms with van der Waals surface area (Å²) in [6.07, 6.45) is 2.48. The van der Waals surface area contributed by atoms with Gasteiger partial charge in [0.1, 0.15) is 0 Å². The fraction of sp³-hybridized carbons (Fsp3) is 0.333. The zero-order valence-corrected chi connectivity index (χ0v) is 9.92. The second-order valence-electron chi connectivity index (χ2n) is 3.41. The molecule has 0 unspecified atom stereocenters. The molecular formula is C12H14O3S. The van der Waals surface area contributed by atoms with Crippen molar-refractivity contribution in [1.82, 2.24) is 0 Å². The molecule has 3 nitrogen and oxygen atoms in total. The van der Waals surface area contributed by atoms with Crippen LogP contribution in [0.3, 0.4) is 0 Å². The maximum absolute atomic E-state index is 11.4. The van der Waals surface area contributed by atoms with Gasteiger partial charge in [0.05, 0.1) is 5.56 Å². The number of thioether (sulfide) groups is 1. The van der Waals surface area contributed by atoms with E-state index in [0.717, 1.165) is 17.7 Å². The Morgan fingerprint density at radius 1 is 1.25 bits per heavy atom. The number of carbonyl (C=O) groups is 2. The van der Waals surface area contributed by atoms with Gasteiger partial charge in [0.25, 0.3) is 0 Å². The zero-order chi connectivity index (χ0) is 12.0. The summed E-state index contributed by atoms with van der Waals surface area (Å²) in [5.41, 5.74) is 0.241. The lowest BCUT2D eigenvalue weighted by molar-refractivity contribution is -0.111. The molecule has 0 bridgehead atoms. The highest BCUT2D eigenvalue weighted by molar-refractivity contribution is 8.13. The van der Waals surface area contributed by atoms with Crippen molar-refractivity contribution in [2.24, 2.45) is 0 Å². The minimum absolute atomic E-state index is 0.130. The molecule has 0 saturated carbocycles. The molecule has 0 aromatic heterocycles. The third-order valence-electron chi connectivity index (χ3n) is 2.07. The number of carboxylic acid groups (broad SMARTS) is 1. The molecule has 86 valence electrons. The standard InChI is InChI=1S/C12H14O3S/c1-2-3-4-11(13)16-10-7-5-9(6-8-10)12(14)15/h5-8H,2-4H2,1H3,(H,14,15). The lowest BCUT2D eigenvalue weighted by Gasteiger charge is -2.00. The summed E-state index contributed by atoms with van der Waals surface area (Å²) < 4.78 is 0. The van der Waals surface area contributed by atoms with E-state index < -0.39 is 5.97 Å². The molecule has 0 atom stereocenters. The molecule has 1 aromatic carbocycles. The van der Waals surface area contributed by atoms with Crippen molar-refractivity contribution >= 4 is 22.8 Å². The Morgan fingerprint density at radius 2 is 1.88 bits per heavy atom. The lowest BCUT2D eigenvalue weighted by atomic mass is 10.2. The van der Waals surface area contributed by atoms with E-state index in [0.29, 0.717) is 6.42 Å². The second kappa shape index (κ2) is 6.33. The van der Waals surface area contributed by atoms with Crippen molar-refractivity contribution in [2.45, 2.75) is 31.1 Å². The fourth-order valence-electron chi connectivity index (χ4n) is 1.17. The number of hydrogen-bond acceptors (Lipinski definition) is 3. The van der Waals surface area contributed by atoms with E-state index in [-0.39, 0.29) is 10.7 Å². The molecule has 4 heteroatoms. The van der Waals surface area contributed by atoms with Crippen LogP contribution in [0.5, 0.6) is 0 Å². The third kappa shape index (κ3) is 4.06. The van der Waals surface area contributed by atoms with Gasteiger partial charge in [-0.25, -0.2) is 4.79 Å². The molecule has 16 heavy (non-hydrogen) atoms. The van der Waals surface area contributed by atoms with Gasteiger partial charge in [0.2, 0.25) is 0 Å². The number of hydrogen-bond donors (Lipinski definition) is 1. The van der Waals surface area contributed by atoms with Crippen molar-refractivity contribution in [3.8, 4) is 0 Å². The Labute approximate surface area is 98.9 Å². The van der Waals surface area contributed by atoms with Crippen LogP contribution in [0, 0.1) is 0 Å². The monoisotopic (exact) mass is 238 g/mol. The van der Waals surface area contributed by atoms with Crippen molar-refractivity contribution in [2.75, 3.05) is 0 Å². The third-order valence-corrected chi connectivity index (χ3v) is 3.01. The Hall–Kier alpha value is -1.29. The molecule has 0 aliphatic heterocycles. The van der Waals surface area contributed by atoms with Crippen LogP contribution in [0.2, 0.25) is 0 Å². The first kappa shape index (κ1) is 12.8.